The Morgan fingerprint density at radius 2 is 1.10 bits per heavy atom. The van der Waals surface area contributed by atoms with E-state index in [1.165, 1.54) is 32.1 Å². The summed E-state index contributed by atoms with van der Waals surface area (Å²) in [5.41, 5.74) is 6.82. The molecule has 0 amide bonds. The molecule has 0 fully saturated rings. The van der Waals surface area contributed by atoms with Crippen LogP contribution in [-0.4, -0.2) is 0 Å². The molecule has 1 aromatic heterocycles. The van der Waals surface area contributed by atoms with Gasteiger partial charge in [-0.15, -0.1) is 0 Å². The summed E-state index contributed by atoms with van der Waals surface area (Å²) >= 11 is 1.84. The first kappa shape index (κ1) is 18.2. The van der Waals surface area contributed by atoms with Crippen molar-refractivity contribution in [3.63, 3.8) is 0 Å². The van der Waals surface area contributed by atoms with Crippen molar-refractivity contribution in [2.45, 2.75) is 9.79 Å². The number of rotatable bonds is 2. The molecule has 1 aliphatic rings. The molecule has 0 unspecified atom stereocenters. The summed E-state index contributed by atoms with van der Waals surface area (Å²) in [6, 6.07) is 33.8. The molecule has 0 bridgehead atoms. The van der Waals surface area contributed by atoms with Crippen LogP contribution in [0, 0.1) is 0 Å². The molecule has 31 heavy (non-hydrogen) atoms. The first-order valence-corrected chi connectivity index (χ1v) is 11.2. The van der Waals surface area contributed by atoms with Gasteiger partial charge in [0, 0.05) is 27.5 Å². The van der Waals surface area contributed by atoms with Crippen LogP contribution in [0.4, 0.5) is 0 Å². The Morgan fingerprint density at radius 1 is 0.581 bits per heavy atom. The van der Waals surface area contributed by atoms with Crippen LogP contribution in [0.15, 0.2) is 123 Å². The Labute approximate surface area is 185 Å². The lowest BCUT2D eigenvalue weighted by atomic mass is 9.96. The van der Waals surface area contributed by atoms with Crippen molar-refractivity contribution in [1.82, 2.24) is 0 Å². The van der Waals surface area contributed by atoms with Gasteiger partial charge in [0.2, 0.25) is 0 Å². The average Bonchev–Trinajstić information content (AvgIpc) is 2.83. The van der Waals surface area contributed by atoms with Gasteiger partial charge in [-0.05, 0) is 41.0 Å². The molecule has 2 heteroatoms. The summed E-state index contributed by atoms with van der Waals surface area (Å²) in [5, 5.41) is 2.24. The van der Waals surface area contributed by atoms with Crippen LogP contribution in [0.5, 0.6) is 0 Å². The van der Waals surface area contributed by atoms with Crippen molar-refractivity contribution in [2.75, 3.05) is 0 Å². The highest BCUT2D eigenvalue weighted by atomic mass is 32.2. The number of hydrogen-bond acceptors (Lipinski definition) is 1. The van der Waals surface area contributed by atoms with E-state index in [0.717, 1.165) is 21.9 Å². The number of benzene rings is 4. The summed E-state index contributed by atoms with van der Waals surface area (Å²) in [6.07, 6.45) is 6.62. The smallest absolute Gasteiger partial charge is 0.207 e. The molecular weight excluding hydrogens is 396 g/mol. The van der Waals surface area contributed by atoms with Crippen LogP contribution < -0.4 is 0 Å². The Kier molecular flexibility index (Phi) is 4.44. The van der Waals surface area contributed by atoms with Gasteiger partial charge in [-0.2, -0.15) is 0 Å². The lowest BCUT2D eigenvalue weighted by Gasteiger charge is -2.21. The maximum Gasteiger partial charge on any atom is 0.361 e. The van der Waals surface area contributed by atoms with Gasteiger partial charge in [-0.25, -0.2) is 4.42 Å². The maximum absolute atomic E-state index is 6.12. The van der Waals surface area contributed by atoms with E-state index < -0.39 is 0 Å². The van der Waals surface area contributed by atoms with Gasteiger partial charge < -0.3 is 0 Å². The zero-order chi connectivity index (χ0) is 20.6. The van der Waals surface area contributed by atoms with E-state index in [2.05, 4.69) is 91.0 Å². The molecule has 0 saturated carbocycles. The highest BCUT2D eigenvalue weighted by molar-refractivity contribution is 7.99. The molecule has 0 aliphatic carbocycles. The van der Waals surface area contributed by atoms with Crippen LogP contribution >= 0.6 is 11.8 Å². The topological polar surface area (TPSA) is 11.3 Å². The van der Waals surface area contributed by atoms with Crippen LogP contribution in [-0.2, 0) is 0 Å². The third-order valence-electron chi connectivity index (χ3n) is 5.67. The Morgan fingerprint density at radius 3 is 1.71 bits per heavy atom. The van der Waals surface area contributed by atoms with E-state index in [0.29, 0.717) is 0 Å². The summed E-state index contributed by atoms with van der Waals surface area (Å²) in [5.74, 6) is 0. The fraction of sp³-hybridized carbons (Fsp3) is 0. The zero-order valence-corrected chi connectivity index (χ0v) is 17.6. The summed E-state index contributed by atoms with van der Waals surface area (Å²) in [4.78, 5) is 2.60. The normalized spacial score (nSPS) is 12.8. The minimum absolute atomic E-state index is 0.901. The second kappa shape index (κ2) is 7.57. The molecule has 2 heterocycles. The molecule has 146 valence electrons. The minimum Gasteiger partial charge on any atom is -0.207 e. The SMILES string of the molecule is C(/C=C/c1c2ccccc2[o+]c2ccccc12)=C1c2ccccc2Sc2ccccc21. The first-order valence-electron chi connectivity index (χ1n) is 10.4. The van der Waals surface area contributed by atoms with Crippen LogP contribution in [0.1, 0.15) is 16.7 Å². The van der Waals surface area contributed by atoms with E-state index in [1.54, 1.807) is 0 Å². The monoisotopic (exact) mass is 415 g/mol. The summed E-state index contributed by atoms with van der Waals surface area (Å²) in [6.45, 7) is 0. The van der Waals surface area contributed by atoms with E-state index in [1.807, 2.05) is 36.0 Å². The van der Waals surface area contributed by atoms with Crippen molar-refractivity contribution in [2.24, 2.45) is 0 Å². The molecule has 5 aromatic rings. The fourth-order valence-corrected chi connectivity index (χ4v) is 5.35. The number of fused-ring (bicyclic) bond motifs is 4. The highest BCUT2D eigenvalue weighted by Gasteiger charge is 2.20. The largest absolute Gasteiger partial charge is 0.361 e. The molecule has 0 saturated heterocycles. The molecule has 1 aliphatic heterocycles. The predicted molar refractivity (Wildman–Crippen MR) is 131 cm³/mol. The number of para-hydroxylation sites is 2. The Bertz CT molecular complexity index is 1410. The predicted octanol–water partition coefficient (Wildman–Crippen LogP) is 8.48. The van der Waals surface area contributed by atoms with Crippen LogP contribution in [0.3, 0.4) is 0 Å². The molecular formula is C29H19OS+. The van der Waals surface area contributed by atoms with Crippen molar-refractivity contribution >= 4 is 45.3 Å². The summed E-state index contributed by atoms with van der Waals surface area (Å²) < 4.78 is 6.12. The van der Waals surface area contributed by atoms with Gasteiger partial charge in [0.1, 0.15) is 0 Å². The van der Waals surface area contributed by atoms with Crippen LogP contribution in [0.25, 0.3) is 33.6 Å². The van der Waals surface area contributed by atoms with Gasteiger partial charge in [-0.1, -0.05) is 90.7 Å². The summed E-state index contributed by atoms with van der Waals surface area (Å²) in [7, 11) is 0. The van der Waals surface area contributed by atoms with E-state index in [-0.39, 0.29) is 0 Å². The van der Waals surface area contributed by atoms with Gasteiger partial charge >= 0.3 is 11.2 Å². The van der Waals surface area contributed by atoms with Gasteiger partial charge in [0.15, 0.2) is 0 Å². The molecule has 6 rings (SSSR count). The first-order chi connectivity index (χ1) is 15.4. The third kappa shape index (κ3) is 3.17. The molecule has 0 N–H and O–H groups in total. The molecule has 4 aromatic carbocycles. The fourth-order valence-electron chi connectivity index (χ4n) is 4.24. The lowest BCUT2D eigenvalue weighted by Crippen LogP contribution is -1.98. The molecule has 0 radical (unpaired) electrons. The van der Waals surface area contributed by atoms with Crippen molar-refractivity contribution in [3.8, 4) is 0 Å². The quantitative estimate of drug-likeness (QED) is 0.207. The van der Waals surface area contributed by atoms with E-state index in [9.17, 15) is 0 Å². The van der Waals surface area contributed by atoms with Crippen molar-refractivity contribution in [1.29, 1.82) is 0 Å². The average molecular weight is 416 g/mol. The van der Waals surface area contributed by atoms with E-state index in [4.69, 9.17) is 4.42 Å². The minimum atomic E-state index is 0.901. The lowest BCUT2D eigenvalue weighted by molar-refractivity contribution is 0.660. The standard InChI is InChI=1S/C29H19OS/c1-5-16-26-22(10-1)20(23-11-2-6-17-27(23)30-26)14-9-15-21-24-12-3-7-18-28(24)31-29-19-8-4-13-25(21)29/h1-19H/q+1/b14-9+. The van der Waals surface area contributed by atoms with Crippen molar-refractivity contribution < 1.29 is 4.42 Å². The van der Waals surface area contributed by atoms with Gasteiger partial charge in [0.25, 0.3) is 0 Å². The molecule has 1 nitrogen and oxygen atoms in total. The molecule has 0 atom stereocenters. The Hall–Kier alpha value is -3.62. The maximum atomic E-state index is 6.12. The Balaban J connectivity index is 1.53. The second-order valence-electron chi connectivity index (χ2n) is 7.54. The molecule has 0 spiro atoms. The third-order valence-corrected chi connectivity index (χ3v) is 6.83. The second-order valence-corrected chi connectivity index (χ2v) is 8.63. The van der Waals surface area contributed by atoms with Crippen molar-refractivity contribution in [3.05, 3.63) is 126 Å². The highest BCUT2D eigenvalue weighted by Crippen LogP contribution is 2.45. The zero-order valence-electron chi connectivity index (χ0n) is 16.8. The number of allylic oxidation sites excluding steroid dienone is 2. The van der Waals surface area contributed by atoms with Gasteiger partial charge in [-0.3, -0.25) is 0 Å². The number of hydrogen-bond donors (Lipinski definition) is 0. The van der Waals surface area contributed by atoms with Crippen LogP contribution in [0.2, 0.25) is 0 Å². The van der Waals surface area contributed by atoms with Gasteiger partial charge in [0.05, 0.1) is 10.8 Å². The van der Waals surface area contributed by atoms with E-state index >= 15 is 0 Å².